The maximum Gasteiger partial charge on any atom is 0.244 e. The maximum absolute atomic E-state index is 5.97. The Kier molecular flexibility index (Phi) is 4.06. The lowest BCUT2D eigenvalue weighted by Gasteiger charge is -2.08. The smallest absolute Gasteiger partial charge is 0.244 e. The van der Waals surface area contributed by atoms with Crippen molar-refractivity contribution in [2.75, 3.05) is 24.2 Å². The monoisotopic (exact) mass is 287 g/mol. The van der Waals surface area contributed by atoms with Gasteiger partial charge in [-0.15, -0.1) is 5.10 Å². The lowest BCUT2D eigenvalue weighted by molar-refractivity contribution is 0.120. The highest BCUT2D eigenvalue weighted by atomic mass is 16.5. The van der Waals surface area contributed by atoms with Crippen LogP contribution in [0, 0.1) is 0 Å². The SMILES string of the molecule is CCc1cccc(-n2nc(NCC3CCCO3)nc2N)c1. The molecule has 1 aliphatic rings. The Morgan fingerprint density at radius 2 is 2.38 bits per heavy atom. The van der Waals surface area contributed by atoms with Crippen molar-refractivity contribution in [2.24, 2.45) is 0 Å². The van der Waals surface area contributed by atoms with Crippen molar-refractivity contribution < 1.29 is 4.74 Å². The van der Waals surface area contributed by atoms with Gasteiger partial charge in [0, 0.05) is 13.2 Å². The molecule has 3 N–H and O–H groups in total. The van der Waals surface area contributed by atoms with Crippen LogP contribution >= 0.6 is 0 Å². The molecule has 1 fully saturated rings. The number of ether oxygens (including phenoxy) is 1. The van der Waals surface area contributed by atoms with Crippen molar-refractivity contribution in [3.8, 4) is 5.69 Å². The number of rotatable bonds is 5. The van der Waals surface area contributed by atoms with Crippen LogP contribution < -0.4 is 11.1 Å². The molecule has 0 aliphatic carbocycles. The van der Waals surface area contributed by atoms with Crippen molar-refractivity contribution in [1.82, 2.24) is 14.8 Å². The fraction of sp³-hybridized carbons (Fsp3) is 0.467. The molecule has 1 unspecified atom stereocenters. The zero-order valence-electron chi connectivity index (χ0n) is 12.2. The third-order valence-electron chi connectivity index (χ3n) is 3.71. The average Bonchev–Trinajstić information content (AvgIpc) is 3.14. The molecule has 1 aromatic carbocycles. The van der Waals surface area contributed by atoms with Gasteiger partial charge >= 0.3 is 0 Å². The van der Waals surface area contributed by atoms with Crippen LogP contribution in [0.15, 0.2) is 24.3 Å². The molecule has 1 atom stereocenters. The zero-order chi connectivity index (χ0) is 14.7. The first-order valence-electron chi connectivity index (χ1n) is 7.43. The minimum atomic E-state index is 0.251. The Bertz CT molecular complexity index is 604. The summed E-state index contributed by atoms with van der Waals surface area (Å²) in [7, 11) is 0. The predicted molar refractivity (Wildman–Crippen MR) is 82.6 cm³/mol. The maximum atomic E-state index is 5.97. The summed E-state index contributed by atoms with van der Waals surface area (Å²) in [5, 5.41) is 7.63. The fourth-order valence-corrected chi connectivity index (χ4v) is 2.51. The summed E-state index contributed by atoms with van der Waals surface area (Å²) in [6.45, 7) is 3.69. The van der Waals surface area contributed by atoms with Crippen LogP contribution in [0.1, 0.15) is 25.3 Å². The lowest BCUT2D eigenvalue weighted by atomic mass is 10.1. The van der Waals surface area contributed by atoms with E-state index in [1.165, 1.54) is 5.56 Å². The van der Waals surface area contributed by atoms with Crippen LogP contribution in [0.25, 0.3) is 5.69 Å². The molecule has 0 radical (unpaired) electrons. The number of nitrogen functional groups attached to an aromatic ring is 1. The van der Waals surface area contributed by atoms with Crippen LogP contribution in [0.3, 0.4) is 0 Å². The molecular formula is C15H21N5O. The van der Waals surface area contributed by atoms with Crippen molar-refractivity contribution >= 4 is 11.9 Å². The Balaban J connectivity index is 1.73. The van der Waals surface area contributed by atoms with Crippen molar-refractivity contribution in [1.29, 1.82) is 0 Å². The molecule has 6 nitrogen and oxygen atoms in total. The Hall–Kier alpha value is -2.08. The van der Waals surface area contributed by atoms with Gasteiger partial charge in [0.2, 0.25) is 11.9 Å². The number of hydrogen-bond acceptors (Lipinski definition) is 5. The first kappa shape index (κ1) is 13.9. The molecule has 112 valence electrons. The van der Waals surface area contributed by atoms with Crippen LogP contribution in [0.5, 0.6) is 0 Å². The number of nitrogens with zero attached hydrogens (tertiary/aromatic N) is 3. The van der Waals surface area contributed by atoms with Crippen LogP contribution in [0.4, 0.5) is 11.9 Å². The second-order valence-corrected chi connectivity index (χ2v) is 5.24. The Morgan fingerprint density at radius 1 is 1.48 bits per heavy atom. The minimum Gasteiger partial charge on any atom is -0.376 e. The summed E-state index contributed by atoms with van der Waals surface area (Å²) in [4.78, 5) is 4.27. The van der Waals surface area contributed by atoms with E-state index in [9.17, 15) is 0 Å². The molecule has 0 bridgehead atoms. The quantitative estimate of drug-likeness (QED) is 0.879. The molecule has 0 spiro atoms. The number of benzene rings is 1. The largest absolute Gasteiger partial charge is 0.376 e. The summed E-state index contributed by atoms with van der Waals surface area (Å²) in [5.74, 6) is 0.933. The molecule has 0 saturated carbocycles. The zero-order valence-corrected chi connectivity index (χ0v) is 12.2. The highest BCUT2D eigenvalue weighted by Gasteiger charge is 2.16. The van der Waals surface area contributed by atoms with E-state index in [1.807, 2.05) is 12.1 Å². The molecule has 1 aliphatic heterocycles. The lowest BCUT2D eigenvalue weighted by Crippen LogP contribution is -2.19. The summed E-state index contributed by atoms with van der Waals surface area (Å²) in [6.07, 6.45) is 3.44. The molecule has 6 heteroatoms. The van der Waals surface area contributed by atoms with Crippen molar-refractivity contribution in [3.05, 3.63) is 29.8 Å². The molecular weight excluding hydrogens is 266 g/mol. The summed E-state index contributed by atoms with van der Waals surface area (Å²) in [5.41, 5.74) is 8.15. The van der Waals surface area contributed by atoms with Crippen LogP contribution in [-0.2, 0) is 11.2 Å². The molecule has 1 aromatic heterocycles. The fourth-order valence-electron chi connectivity index (χ4n) is 2.51. The van der Waals surface area contributed by atoms with E-state index >= 15 is 0 Å². The number of hydrogen-bond donors (Lipinski definition) is 2. The molecule has 1 saturated heterocycles. The molecule has 2 aromatic rings. The number of aromatic nitrogens is 3. The number of nitrogens with two attached hydrogens (primary N) is 1. The topological polar surface area (TPSA) is 78.0 Å². The van der Waals surface area contributed by atoms with E-state index in [0.717, 1.165) is 38.1 Å². The van der Waals surface area contributed by atoms with Crippen LogP contribution in [0.2, 0.25) is 0 Å². The van der Waals surface area contributed by atoms with Gasteiger partial charge in [-0.05, 0) is 37.0 Å². The normalized spacial score (nSPS) is 18.0. The van der Waals surface area contributed by atoms with Gasteiger partial charge < -0.3 is 15.8 Å². The van der Waals surface area contributed by atoms with Gasteiger partial charge in [-0.2, -0.15) is 9.67 Å². The third kappa shape index (κ3) is 3.16. The van der Waals surface area contributed by atoms with Gasteiger partial charge in [0.05, 0.1) is 11.8 Å². The van der Waals surface area contributed by atoms with E-state index in [-0.39, 0.29) is 6.10 Å². The van der Waals surface area contributed by atoms with E-state index in [2.05, 4.69) is 34.5 Å². The highest BCUT2D eigenvalue weighted by Crippen LogP contribution is 2.17. The van der Waals surface area contributed by atoms with Gasteiger partial charge in [0.25, 0.3) is 0 Å². The molecule has 3 rings (SSSR count). The summed E-state index contributed by atoms with van der Waals surface area (Å²) < 4.78 is 7.23. The number of anilines is 2. The van der Waals surface area contributed by atoms with E-state index in [1.54, 1.807) is 4.68 Å². The Morgan fingerprint density at radius 3 is 3.14 bits per heavy atom. The molecule has 21 heavy (non-hydrogen) atoms. The molecule has 2 heterocycles. The standard InChI is InChI=1S/C15H21N5O/c1-2-11-5-3-6-12(9-11)20-14(16)18-15(19-20)17-10-13-7-4-8-21-13/h3,5-6,9,13H,2,4,7-8,10H2,1H3,(H3,16,17,18,19). The van der Waals surface area contributed by atoms with Crippen molar-refractivity contribution in [2.45, 2.75) is 32.3 Å². The van der Waals surface area contributed by atoms with Gasteiger partial charge in [-0.1, -0.05) is 19.1 Å². The number of nitrogens with one attached hydrogen (secondary N) is 1. The van der Waals surface area contributed by atoms with Gasteiger partial charge in [-0.25, -0.2) is 0 Å². The first-order valence-corrected chi connectivity index (χ1v) is 7.43. The minimum absolute atomic E-state index is 0.251. The van der Waals surface area contributed by atoms with Gasteiger partial charge in [0.15, 0.2) is 0 Å². The predicted octanol–water partition coefficient (Wildman–Crippen LogP) is 2.00. The summed E-state index contributed by atoms with van der Waals surface area (Å²) >= 11 is 0. The Labute approximate surface area is 124 Å². The van der Waals surface area contributed by atoms with Gasteiger partial charge in [0.1, 0.15) is 0 Å². The second-order valence-electron chi connectivity index (χ2n) is 5.24. The average molecular weight is 287 g/mol. The molecule has 0 amide bonds. The van der Waals surface area contributed by atoms with E-state index in [4.69, 9.17) is 10.5 Å². The first-order chi connectivity index (χ1) is 10.3. The second kappa shape index (κ2) is 6.13. The van der Waals surface area contributed by atoms with Gasteiger partial charge in [-0.3, -0.25) is 0 Å². The van der Waals surface area contributed by atoms with Crippen LogP contribution in [-0.4, -0.2) is 34.0 Å². The van der Waals surface area contributed by atoms with E-state index < -0.39 is 0 Å². The highest BCUT2D eigenvalue weighted by molar-refractivity contribution is 5.43. The number of aryl methyl sites for hydroxylation is 1. The van der Waals surface area contributed by atoms with Crippen molar-refractivity contribution in [3.63, 3.8) is 0 Å². The van der Waals surface area contributed by atoms with E-state index in [0.29, 0.717) is 11.9 Å². The third-order valence-corrected chi connectivity index (χ3v) is 3.71. The summed E-state index contributed by atoms with van der Waals surface area (Å²) in [6, 6.07) is 8.16.